The zero-order chi connectivity index (χ0) is 71.7. The maximum absolute atomic E-state index is 6.72. The van der Waals surface area contributed by atoms with Crippen LogP contribution in [-0.4, -0.2) is 10.2 Å². The predicted octanol–water partition coefficient (Wildman–Crippen LogP) is 28.4. The van der Waals surface area contributed by atoms with Gasteiger partial charge < -0.3 is 24.0 Å². The lowest BCUT2D eigenvalue weighted by Gasteiger charge is -2.32. The number of fused-ring (bicyclic) bond motifs is 9. The van der Waals surface area contributed by atoms with Gasteiger partial charge in [-0.1, -0.05) is 249 Å². The van der Waals surface area contributed by atoms with Crippen LogP contribution in [0.5, 0.6) is 5.75 Å². The highest BCUT2D eigenvalue weighted by molar-refractivity contribution is 6.24. The number of aromatic nitrogens is 1. The number of hydrogen-bond acceptors (Lipinski definition) is 4. The second-order valence-corrected chi connectivity index (χ2v) is 29.2. The quantitative estimate of drug-likeness (QED) is 0.0962. The number of aryl methyl sites for hydroxylation is 2. The van der Waals surface area contributed by atoms with E-state index in [1.807, 2.05) is 6.08 Å². The number of ether oxygens (including phenoxy) is 1. The van der Waals surface area contributed by atoms with Gasteiger partial charge in [-0.3, -0.25) is 0 Å². The van der Waals surface area contributed by atoms with Crippen LogP contribution in [0, 0.1) is 0 Å². The highest BCUT2D eigenvalue weighted by Crippen LogP contribution is 2.51. The summed E-state index contributed by atoms with van der Waals surface area (Å²) in [6, 6.07) is 134. The van der Waals surface area contributed by atoms with E-state index in [0.29, 0.717) is 0 Å². The molecule has 0 amide bonds. The summed E-state index contributed by atoms with van der Waals surface area (Å²) in [6.07, 6.45) is 4.15. The molecule has 1 aromatic heterocycles. The summed E-state index contributed by atoms with van der Waals surface area (Å²) in [5.41, 5.74) is 25.2. The van der Waals surface area contributed by atoms with E-state index in [-0.39, 0.29) is 0 Å². The van der Waals surface area contributed by atoms with Gasteiger partial charge in [0.25, 0.3) is 0 Å². The fourth-order valence-corrected chi connectivity index (χ4v) is 16.4. The smallest absolute Gasteiger partial charge is 0.122 e. The van der Waals surface area contributed by atoms with E-state index < -0.39 is 5.60 Å². The first-order chi connectivity index (χ1) is 52.6. The lowest BCUT2D eigenvalue weighted by Crippen LogP contribution is -2.23. The van der Waals surface area contributed by atoms with Crippen LogP contribution in [0.1, 0.15) is 37.5 Å². The molecule has 0 unspecified atom stereocenters. The van der Waals surface area contributed by atoms with Gasteiger partial charge in [0.2, 0.25) is 0 Å². The van der Waals surface area contributed by atoms with Crippen molar-refractivity contribution in [2.75, 3.05) is 14.7 Å². The molecule has 19 rings (SSSR count). The van der Waals surface area contributed by atoms with Crippen molar-refractivity contribution in [1.29, 1.82) is 0 Å². The van der Waals surface area contributed by atoms with Crippen molar-refractivity contribution in [3.63, 3.8) is 0 Å². The van der Waals surface area contributed by atoms with E-state index in [9.17, 15) is 0 Å². The van der Waals surface area contributed by atoms with Crippen molar-refractivity contribution in [3.05, 3.63) is 387 Å². The topological polar surface area (TPSA) is 23.9 Å². The third-order valence-corrected chi connectivity index (χ3v) is 21.4. The lowest BCUT2D eigenvalue weighted by atomic mass is 9.88. The summed E-state index contributed by atoms with van der Waals surface area (Å²) >= 11 is 0. The Labute approximate surface area is 624 Å². The fourth-order valence-electron chi connectivity index (χ4n) is 16.4. The third kappa shape index (κ3) is 11.9. The summed E-state index contributed by atoms with van der Waals surface area (Å²) in [5, 5.41) is 11.5. The largest absolute Gasteiger partial charge is 0.488 e. The molecule has 5 nitrogen and oxygen atoms in total. The SMILES string of the molecule is C=Cc1cc2c(c3ccccc13)c1cc(N(c3cccc4ccccc34)c3ccc(-c4cc(N(c5ccc(-c6ccccc6)cc5)c5ccc6c(c5)CC6)cc(N(c5cccc(OC(C)(C)C)c5)c5ccc6ccccc6c5)c4)c4ccccc34)ccc1n2-c1cc(-c2ccccc2)cc(-c2ccccc2)c1. The number of nitrogens with zero attached hydrogens (tertiary/aromatic N) is 4. The molecule has 0 spiro atoms. The van der Waals surface area contributed by atoms with Crippen LogP contribution in [0.15, 0.2) is 371 Å². The molecule has 0 N–H and O–H groups in total. The zero-order valence-electron chi connectivity index (χ0n) is 60.0. The molecule has 0 saturated heterocycles. The summed E-state index contributed by atoms with van der Waals surface area (Å²) < 4.78 is 9.21. The molecule has 0 aliphatic heterocycles. The number of anilines is 9. The van der Waals surface area contributed by atoms with Crippen molar-refractivity contribution in [3.8, 4) is 55.9 Å². The van der Waals surface area contributed by atoms with Gasteiger partial charge in [-0.2, -0.15) is 0 Å². The average molecular weight is 1370 g/mol. The van der Waals surface area contributed by atoms with E-state index in [1.54, 1.807) is 0 Å². The molecule has 1 aliphatic rings. The third-order valence-electron chi connectivity index (χ3n) is 21.4. The molecule has 0 radical (unpaired) electrons. The molecule has 5 heteroatoms. The van der Waals surface area contributed by atoms with Gasteiger partial charge in [0.05, 0.1) is 22.4 Å². The minimum atomic E-state index is -0.425. The molecule has 18 aromatic rings. The summed E-state index contributed by atoms with van der Waals surface area (Å²) in [7, 11) is 0. The van der Waals surface area contributed by atoms with Gasteiger partial charge in [0, 0.05) is 73.1 Å². The van der Waals surface area contributed by atoms with Crippen molar-refractivity contribution >= 4 is 122 Å². The molecule has 107 heavy (non-hydrogen) atoms. The Morgan fingerprint density at radius 1 is 0.308 bits per heavy atom. The van der Waals surface area contributed by atoms with Gasteiger partial charge in [-0.25, -0.2) is 0 Å². The van der Waals surface area contributed by atoms with Crippen LogP contribution < -0.4 is 19.4 Å². The number of benzene rings is 17. The standard InChI is InChI=1S/C102H76N4O/c1-5-68-64-100-101(95-41-22-19-37-90(68)95)96-67-85(53-55-99(96)106(100)86-60-78(70-27-11-7-12-28-70)57-79(61-86)71-29-13-8-14-30-71)105(97-42-23-34-75-32-17-18-38-92(75)97)98-56-54-91(93-39-20-21-40-94(93)98)80-62-87(103(83-52-48-74-43-44-77(74)59-83)81-49-45-73(46-50-81)69-25-9-6-10-26-69)65-88(63-80)104(82-35-24-36-89(66-82)107-102(2,3)4)84-51-47-72-31-15-16-33-76(72)58-84/h5-42,45-67H,1,43-44H2,2-4H3. The van der Waals surface area contributed by atoms with Crippen LogP contribution in [0.2, 0.25) is 0 Å². The number of hydrogen-bond donors (Lipinski definition) is 0. The van der Waals surface area contributed by atoms with Crippen LogP contribution in [0.3, 0.4) is 0 Å². The minimum absolute atomic E-state index is 0.425. The van der Waals surface area contributed by atoms with E-state index in [1.165, 1.54) is 32.8 Å². The first-order valence-corrected chi connectivity index (χ1v) is 37.1. The molecular weight excluding hydrogens is 1300 g/mol. The van der Waals surface area contributed by atoms with Gasteiger partial charge in [0.1, 0.15) is 11.4 Å². The van der Waals surface area contributed by atoms with Crippen LogP contribution >= 0.6 is 0 Å². The molecule has 0 atom stereocenters. The Balaban J connectivity index is 0.854. The van der Waals surface area contributed by atoms with E-state index in [0.717, 1.165) is 169 Å². The second-order valence-electron chi connectivity index (χ2n) is 29.2. The van der Waals surface area contributed by atoms with E-state index >= 15 is 0 Å². The molecular formula is C102H76N4O. The van der Waals surface area contributed by atoms with Crippen LogP contribution in [-0.2, 0) is 12.8 Å². The normalized spacial score (nSPS) is 12.0. The molecule has 1 heterocycles. The molecule has 0 bridgehead atoms. The van der Waals surface area contributed by atoms with Gasteiger partial charge in [-0.15, -0.1) is 0 Å². The highest BCUT2D eigenvalue weighted by atomic mass is 16.5. The predicted molar refractivity (Wildman–Crippen MR) is 454 cm³/mol. The highest BCUT2D eigenvalue weighted by Gasteiger charge is 2.28. The number of rotatable bonds is 16. The zero-order valence-corrected chi connectivity index (χ0v) is 60.0. The van der Waals surface area contributed by atoms with Crippen LogP contribution in [0.4, 0.5) is 51.2 Å². The minimum Gasteiger partial charge on any atom is -0.488 e. The van der Waals surface area contributed by atoms with E-state index in [2.05, 4.69) is 411 Å². The van der Waals surface area contributed by atoms with Gasteiger partial charge in [-0.05, 0) is 248 Å². The monoisotopic (exact) mass is 1370 g/mol. The average Bonchev–Trinajstić information content (AvgIpc) is 1.61. The van der Waals surface area contributed by atoms with Crippen molar-refractivity contribution in [1.82, 2.24) is 4.57 Å². The maximum Gasteiger partial charge on any atom is 0.122 e. The van der Waals surface area contributed by atoms with E-state index in [4.69, 9.17) is 4.74 Å². The molecule has 510 valence electrons. The lowest BCUT2D eigenvalue weighted by molar-refractivity contribution is 0.131. The molecule has 0 saturated carbocycles. The summed E-state index contributed by atoms with van der Waals surface area (Å²) in [5.74, 6) is 0.794. The Kier molecular flexibility index (Phi) is 16.0. The Morgan fingerprint density at radius 2 is 0.841 bits per heavy atom. The Hall–Kier alpha value is -13.5. The first kappa shape index (κ1) is 64.4. The van der Waals surface area contributed by atoms with Crippen molar-refractivity contribution in [2.45, 2.75) is 39.2 Å². The van der Waals surface area contributed by atoms with Gasteiger partial charge >= 0.3 is 0 Å². The first-order valence-electron chi connectivity index (χ1n) is 37.1. The summed E-state index contributed by atoms with van der Waals surface area (Å²) in [4.78, 5) is 7.40. The molecule has 0 fully saturated rings. The summed E-state index contributed by atoms with van der Waals surface area (Å²) in [6.45, 7) is 10.8. The van der Waals surface area contributed by atoms with Crippen molar-refractivity contribution in [2.24, 2.45) is 0 Å². The van der Waals surface area contributed by atoms with Gasteiger partial charge in [0.15, 0.2) is 0 Å². The Bertz CT molecular complexity index is 6430. The molecule has 17 aromatic carbocycles. The fraction of sp³-hybridized carbons (Fsp3) is 0.0588. The Morgan fingerprint density at radius 3 is 1.52 bits per heavy atom. The maximum atomic E-state index is 6.72. The molecule has 1 aliphatic carbocycles. The van der Waals surface area contributed by atoms with Crippen molar-refractivity contribution < 1.29 is 4.74 Å². The second kappa shape index (κ2) is 26.7. The van der Waals surface area contributed by atoms with Crippen LogP contribution in [0.25, 0.3) is 121 Å².